The van der Waals surface area contributed by atoms with Gasteiger partial charge in [-0.3, -0.25) is 4.79 Å². The molecule has 0 heterocycles. The Hall–Kier alpha value is -0.570. The molecular formula is C10H19NO2. The lowest BCUT2D eigenvalue weighted by Crippen LogP contribution is -2.56. The molecule has 0 aromatic rings. The number of carboxylic acids is 1. The van der Waals surface area contributed by atoms with Gasteiger partial charge in [0.05, 0.1) is 0 Å². The minimum absolute atomic E-state index is 0.219. The van der Waals surface area contributed by atoms with E-state index in [-0.39, 0.29) is 5.92 Å². The van der Waals surface area contributed by atoms with E-state index in [9.17, 15) is 4.79 Å². The molecule has 0 aliphatic heterocycles. The summed E-state index contributed by atoms with van der Waals surface area (Å²) in [6.07, 6.45) is 5.68. The molecule has 1 aliphatic carbocycles. The summed E-state index contributed by atoms with van der Waals surface area (Å²) in [4.78, 5) is 11.0. The summed E-state index contributed by atoms with van der Waals surface area (Å²) >= 11 is 0. The van der Waals surface area contributed by atoms with Gasteiger partial charge in [-0.25, -0.2) is 0 Å². The lowest BCUT2D eigenvalue weighted by Gasteiger charge is -2.39. The van der Waals surface area contributed by atoms with Crippen LogP contribution in [0.15, 0.2) is 0 Å². The highest BCUT2D eigenvalue weighted by atomic mass is 16.4. The van der Waals surface area contributed by atoms with Crippen LogP contribution in [0.3, 0.4) is 0 Å². The predicted octanol–water partition coefficient (Wildman–Crippen LogP) is 1.76. The van der Waals surface area contributed by atoms with Gasteiger partial charge in [-0.05, 0) is 25.2 Å². The van der Waals surface area contributed by atoms with Crippen LogP contribution in [-0.2, 0) is 4.79 Å². The van der Waals surface area contributed by atoms with Crippen LogP contribution in [-0.4, -0.2) is 16.6 Å². The van der Waals surface area contributed by atoms with Crippen molar-refractivity contribution in [3.8, 4) is 0 Å². The fourth-order valence-corrected chi connectivity index (χ4v) is 1.88. The molecule has 0 aromatic carbocycles. The minimum Gasteiger partial charge on any atom is -0.480 e. The molecule has 3 heteroatoms. The Balaban J connectivity index is 2.56. The molecule has 1 saturated carbocycles. The van der Waals surface area contributed by atoms with Gasteiger partial charge in [-0.15, -0.1) is 0 Å². The van der Waals surface area contributed by atoms with Crippen molar-refractivity contribution in [2.45, 2.75) is 51.0 Å². The number of unbranched alkanes of at least 4 members (excludes halogenated alkanes) is 1. The normalized spacial score (nSPS) is 22.0. The van der Waals surface area contributed by atoms with Gasteiger partial charge >= 0.3 is 5.97 Å². The second kappa shape index (κ2) is 4.09. The highest BCUT2D eigenvalue weighted by Crippen LogP contribution is 2.37. The lowest BCUT2D eigenvalue weighted by atomic mass is 9.69. The zero-order valence-electron chi connectivity index (χ0n) is 8.25. The Labute approximate surface area is 79.3 Å². The first kappa shape index (κ1) is 10.5. The molecule has 3 nitrogen and oxygen atoms in total. The summed E-state index contributed by atoms with van der Waals surface area (Å²) in [6, 6.07) is 0. The molecule has 76 valence electrons. The standard InChI is InChI=1S/C10H19NO2/c1-2-3-7-10(11,9(12)13)8-5-4-6-8/h8H,2-7,11H2,1H3,(H,12,13)/t10-/m1/s1. The topological polar surface area (TPSA) is 63.3 Å². The summed E-state index contributed by atoms with van der Waals surface area (Å²) in [6.45, 7) is 2.06. The number of carboxylic acid groups (broad SMARTS) is 1. The first-order valence-electron chi connectivity index (χ1n) is 5.13. The van der Waals surface area contributed by atoms with E-state index in [2.05, 4.69) is 6.92 Å². The lowest BCUT2D eigenvalue weighted by molar-refractivity contribution is -0.147. The molecule has 1 aliphatic rings. The van der Waals surface area contributed by atoms with Gasteiger partial charge in [0.2, 0.25) is 0 Å². The summed E-state index contributed by atoms with van der Waals surface area (Å²) in [5.74, 6) is -0.595. The molecule has 0 saturated heterocycles. The molecule has 0 aromatic heterocycles. The second-order valence-electron chi connectivity index (χ2n) is 4.08. The Morgan fingerprint density at radius 1 is 1.62 bits per heavy atom. The van der Waals surface area contributed by atoms with Gasteiger partial charge in [0.15, 0.2) is 0 Å². The Kier molecular flexibility index (Phi) is 3.31. The van der Waals surface area contributed by atoms with Crippen LogP contribution in [0.5, 0.6) is 0 Å². The molecule has 0 bridgehead atoms. The van der Waals surface area contributed by atoms with Gasteiger partial charge in [0.25, 0.3) is 0 Å². The number of hydrogen-bond acceptors (Lipinski definition) is 2. The van der Waals surface area contributed by atoms with E-state index >= 15 is 0 Å². The van der Waals surface area contributed by atoms with E-state index in [0.717, 1.165) is 32.1 Å². The molecular weight excluding hydrogens is 166 g/mol. The molecule has 3 N–H and O–H groups in total. The minimum atomic E-state index is -0.936. The van der Waals surface area contributed by atoms with Crippen LogP contribution in [0.2, 0.25) is 0 Å². The summed E-state index contributed by atoms with van der Waals surface area (Å²) < 4.78 is 0. The number of aliphatic carboxylic acids is 1. The number of hydrogen-bond donors (Lipinski definition) is 2. The van der Waals surface area contributed by atoms with E-state index in [1.807, 2.05) is 0 Å². The van der Waals surface area contributed by atoms with Crippen LogP contribution in [0.25, 0.3) is 0 Å². The van der Waals surface area contributed by atoms with Crippen LogP contribution >= 0.6 is 0 Å². The number of carbonyl (C=O) groups is 1. The average molecular weight is 185 g/mol. The quantitative estimate of drug-likeness (QED) is 0.686. The third kappa shape index (κ3) is 2.02. The van der Waals surface area contributed by atoms with Gasteiger partial charge in [0, 0.05) is 0 Å². The first-order valence-corrected chi connectivity index (χ1v) is 5.13. The molecule has 0 radical (unpaired) electrons. The van der Waals surface area contributed by atoms with Gasteiger partial charge in [0.1, 0.15) is 5.54 Å². The maximum atomic E-state index is 11.0. The van der Waals surface area contributed by atoms with Crippen molar-refractivity contribution in [1.82, 2.24) is 0 Å². The van der Waals surface area contributed by atoms with Crippen molar-refractivity contribution in [3.05, 3.63) is 0 Å². The molecule has 0 spiro atoms. The maximum absolute atomic E-state index is 11.0. The van der Waals surface area contributed by atoms with Crippen LogP contribution in [0.4, 0.5) is 0 Å². The second-order valence-corrected chi connectivity index (χ2v) is 4.08. The van der Waals surface area contributed by atoms with Crippen molar-refractivity contribution in [3.63, 3.8) is 0 Å². The first-order chi connectivity index (χ1) is 6.11. The van der Waals surface area contributed by atoms with Crippen molar-refractivity contribution < 1.29 is 9.90 Å². The van der Waals surface area contributed by atoms with Gasteiger partial charge in [-0.2, -0.15) is 0 Å². The van der Waals surface area contributed by atoms with E-state index in [4.69, 9.17) is 10.8 Å². The largest absolute Gasteiger partial charge is 0.480 e. The van der Waals surface area contributed by atoms with E-state index < -0.39 is 11.5 Å². The monoisotopic (exact) mass is 185 g/mol. The van der Waals surface area contributed by atoms with Crippen molar-refractivity contribution >= 4 is 5.97 Å². The molecule has 1 fully saturated rings. The van der Waals surface area contributed by atoms with E-state index in [1.54, 1.807) is 0 Å². The molecule has 0 amide bonds. The number of rotatable bonds is 5. The highest BCUT2D eigenvalue weighted by Gasteiger charge is 2.44. The fraction of sp³-hybridized carbons (Fsp3) is 0.900. The van der Waals surface area contributed by atoms with Crippen molar-refractivity contribution in [1.29, 1.82) is 0 Å². The highest BCUT2D eigenvalue weighted by molar-refractivity contribution is 5.79. The third-order valence-electron chi connectivity index (χ3n) is 3.18. The summed E-state index contributed by atoms with van der Waals surface area (Å²) in [5, 5.41) is 9.07. The van der Waals surface area contributed by atoms with Crippen molar-refractivity contribution in [2.24, 2.45) is 11.7 Å². The third-order valence-corrected chi connectivity index (χ3v) is 3.18. The molecule has 1 atom stereocenters. The van der Waals surface area contributed by atoms with Crippen molar-refractivity contribution in [2.75, 3.05) is 0 Å². The SMILES string of the molecule is CCCC[C@](N)(C(=O)O)C1CCC1. The summed E-state index contributed by atoms with van der Waals surface area (Å²) in [7, 11) is 0. The zero-order valence-corrected chi connectivity index (χ0v) is 8.25. The Morgan fingerprint density at radius 3 is 2.54 bits per heavy atom. The fourth-order valence-electron chi connectivity index (χ4n) is 1.88. The Bertz CT molecular complexity index is 189. The predicted molar refractivity (Wildman–Crippen MR) is 51.4 cm³/mol. The Morgan fingerprint density at radius 2 is 2.23 bits per heavy atom. The van der Waals surface area contributed by atoms with Crippen LogP contribution in [0, 0.1) is 5.92 Å². The molecule has 1 rings (SSSR count). The number of nitrogens with two attached hydrogens (primary N) is 1. The molecule has 0 unspecified atom stereocenters. The summed E-state index contributed by atoms with van der Waals surface area (Å²) in [5.41, 5.74) is 5.00. The maximum Gasteiger partial charge on any atom is 0.323 e. The van der Waals surface area contributed by atoms with Crippen LogP contribution in [0.1, 0.15) is 45.4 Å². The van der Waals surface area contributed by atoms with E-state index in [0.29, 0.717) is 6.42 Å². The van der Waals surface area contributed by atoms with Gasteiger partial charge < -0.3 is 10.8 Å². The smallest absolute Gasteiger partial charge is 0.323 e. The zero-order chi connectivity index (χ0) is 9.90. The van der Waals surface area contributed by atoms with E-state index in [1.165, 1.54) is 0 Å². The van der Waals surface area contributed by atoms with Crippen LogP contribution < -0.4 is 5.73 Å². The van der Waals surface area contributed by atoms with Gasteiger partial charge in [-0.1, -0.05) is 26.2 Å². The average Bonchev–Trinajstić information content (AvgIpc) is 1.97. The molecule has 13 heavy (non-hydrogen) atoms.